The summed E-state index contributed by atoms with van der Waals surface area (Å²) in [5, 5.41) is 12.1. The normalized spacial score (nSPS) is 11.2. The minimum Gasteiger partial charge on any atom is -0.337 e. The molecule has 0 N–H and O–H groups in total. The molecule has 0 saturated carbocycles. The summed E-state index contributed by atoms with van der Waals surface area (Å²) >= 11 is 3.39. The van der Waals surface area contributed by atoms with Crippen LogP contribution in [0.3, 0.4) is 0 Å². The average molecular weight is 464 g/mol. The lowest BCUT2D eigenvalue weighted by molar-refractivity contribution is 0.369. The van der Waals surface area contributed by atoms with Crippen LogP contribution in [-0.4, -0.2) is 34.7 Å². The van der Waals surface area contributed by atoms with Crippen LogP contribution < -0.4 is 5.56 Å². The highest BCUT2D eigenvalue weighted by molar-refractivity contribution is 9.10. The summed E-state index contributed by atoms with van der Waals surface area (Å²) in [6.45, 7) is 0.574. The minimum absolute atomic E-state index is 0.0941. The van der Waals surface area contributed by atoms with Crippen molar-refractivity contribution in [3.63, 3.8) is 0 Å². The molecule has 148 valence electrons. The Kier molecular flexibility index (Phi) is 4.68. The Morgan fingerprint density at radius 1 is 1.00 bits per heavy atom. The Morgan fingerprint density at radius 2 is 1.80 bits per heavy atom. The van der Waals surface area contributed by atoms with E-state index in [1.807, 2.05) is 54.6 Å². The molecule has 3 aromatic heterocycles. The lowest BCUT2D eigenvalue weighted by Gasteiger charge is -2.03. The SMILES string of the molecule is O=c1c2nnn(Cc3ccccc3)c2ncn1Cc1nc(-c2ccc(Br)cc2)no1. The van der Waals surface area contributed by atoms with E-state index in [4.69, 9.17) is 4.52 Å². The number of benzene rings is 2. The number of halogens is 1. The van der Waals surface area contributed by atoms with Crippen molar-refractivity contribution in [2.75, 3.05) is 0 Å². The smallest absolute Gasteiger partial charge is 0.283 e. The molecular formula is C20H14BrN7O2. The van der Waals surface area contributed by atoms with Gasteiger partial charge in [-0.05, 0) is 29.8 Å². The minimum atomic E-state index is -0.317. The first kappa shape index (κ1) is 18.4. The molecule has 30 heavy (non-hydrogen) atoms. The Bertz CT molecular complexity index is 1370. The summed E-state index contributed by atoms with van der Waals surface area (Å²) in [5.74, 6) is 0.751. The van der Waals surface area contributed by atoms with Crippen molar-refractivity contribution in [2.45, 2.75) is 13.1 Å². The van der Waals surface area contributed by atoms with Gasteiger partial charge < -0.3 is 4.52 Å². The van der Waals surface area contributed by atoms with Gasteiger partial charge >= 0.3 is 0 Å². The van der Waals surface area contributed by atoms with E-state index in [1.54, 1.807) is 4.68 Å². The van der Waals surface area contributed by atoms with E-state index in [0.29, 0.717) is 23.9 Å². The number of aromatic nitrogens is 7. The third kappa shape index (κ3) is 3.52. The summed E-state index contributed by atoms with van der Waals surface area (Å²) in [5.41, 5.74) is 2.17. The fraction of sp³-hybridized carbons (Fsp3) is 0.100. The Hall–Kier alpha value is -3.66. The zero-order chi connectivity index (χ0) is 20.5. The van der Waals surface area contributed by atoms with Crippen LogP contribution in [0, 0.1) is 0 Å². The number of fused-ring (bicyclic) bond motifs is 1. The summed E-state index contributed by atoms with van der Waals surface area (Å²) in [4.78, 5) is 21.6. The van der Waals surface area contributed by atoms with Crippen LogP contribution in [0.4, 0.5) is 0 Å². The molecule has 0 unspecified atom stereocenters. The fourth-order valence-corrected chi connectivity index (χ4v) is 3.31. The molecule has 0 bridgehead atoms. The molecule has 0 aliphatic rings. The topological polar surface area (TPSA) is 105 Å². The molecule has 0 atom stereocenters. The molecule has 0 radical (unpaired) electrons. The van der Waals surface area contributed by atoms with Gasteiger partial charge in [-0.25, -0.2) is 9.67 Å². The van der Waals surface area contributed by atoms with Crippen LogP contribution in [0.2, 0.25) is 0 Å². The van der Waals surface area contributed by atoms with Gasteiger partial charge in [-0.15, -0.1) is 5.10 Å². The Balaban J connectivity index is 1.41. The molecule has 2 aromatic carbocycles. The van der Waals surface area contributed by atoms with E-state index in [0.717, 1.165) is 15.6 Å². The van der Waals surface area contributed by atoms with Crippen LogP contribution in [-0.2, 0) is 13.1 Å². The monoisotopic (exact) mass is 463 g/mol. The average Bonchev–Trinajstić information content (AvgIpc) is 3.39. The molecule has 10 heteroatoms. The van der Waals surface area contributed by atoms with E-state index >= 15 is 0 Å². The van der Waals surface area contributed by atoms with Gasteiger partial charge in [-0.3, -0.25) is 9.36 Å². The van der Waals surface area contributed by atoms with Gasteiger partial charge in [-0.1, -0.05) is 56.6 Å². The first-order valence-corrected chi connectivity index (χ1v) is 9.88. The van der Waals surface area contributed by atoms with Crippen molar-refractivity contribution < 1.29 is 4.52 Å². The van der Waals surface area contributed by atoms with E-state index in [-0.39, 0.29) is 17.6 Å². The maximum Gasteiger partial charge on any atom is 0.283 e. The molecule has 9 nitrogen and oxygen atoms in total. The van der Waals surface area contributed by atoms with E-state index < -0.39 is 0 Å². The van der Waals surface area contributed by atoms with Gasteiger partial charge in [0.2, 0.25) is 11.7 Å². The molecule has 3 heterocycles. The third-order valence-electron chi connectivity index (χ3n) is 4.54. The van der Waals surface area contributed by atoms with Crippen LogP contribution >= 0.6 is 15.9 Å². The van der Waals surface area contributed by atoms with E-state index in [9.17, 15) is 4.79 Å². The second-order valence-corrected chi connectivity index (χ2v) is 7.52. The summed E-state index contributed by atoms with van der Waals surface area (Å²) in [6, 6.07) is 17.3. The van der Waals surface area contributed by atoms with Crippen LogP contribution in [0.25, 0.3) is 22.6 Å². The van der Waals surface area contributed by atoms with Crippen molar-refractivity contribution in [3.8, 4) is 11.4 Å². The maximum absolute atomic E-state index is 12.8. The summed E-state index contributed by atoms with van der Waals surface area (Å²) in [6.07, 6.45) is 1.44. The first-order chi connectivity index (χ1) is 14.7. The lowest BCUT2D eigenvalue weighted by Crippen LogP contribution is -2.21. The highest BCUT2D eigenvalue weighted by Gasteiger charge is 2.15. The quantitative estimate of drug-likeness (QED) is 0.394. The lowest BCUT2D eigenvalue weighted by atomic mass is 10.2. The van der Waals surface area contributed by atoms with E-state index in [2.05, 4.69) is 41.4 Å². The maximum atomic E-state index is 12.8. The molecule has 0 amide bonds. The first-order valence-electron chi connectivity index (χ1n) is 9.08. The molecule has 0 aliphatic carbocycles. The zero-order valence-corrected chi connectivity index (χ0v) is 17.1. The number of nitrogens with zero attached hydrogens (tertiary/aromatic N) is 7. The van der Waals surface area contributed by atoms with Crippen LogP contribution in [0.15, 0.2) is 74.7 Å². The van der Waals surface area contributed by atoms with Crippen molar-refractivity contribution in [1.29, 1.82) is 0 Å². The van der Waals surface area contributed by atoms with Gasteiger partial charge in [0.1, 0.15) is 12.9 Å². The van der Waals surface area contributed by atoms with Gasteiger partial charge in [-0.2, -0.15) is 4.98 Å². The van der Waals surface area contributed by atoms with Gasteiger partial charge in [0, 0.05) is 10.0 Å². The van der Waals surface area contributed by atoms with E-state index in [1.165, 1.54) is 10.9 Å². The fourth-order valence-electron chi connectivity index (χ4n) is 3.04. The predicted octanol–water partition coefficient (Wildman–Crippen LogP) is 2.90. The molecule has 0 saturated heterocycles. The summed E-state index contributed by atoms with van der Waals surface area (Å²) < 4.78 is 9.25. The molecule has 5 aromatic rings. The summed E-state index contributed by atoms with van der Waals surface area (Å²) in [7, 11) is 0. The highest BCUT2D eigenvalue weighted by atomic mass is 79.9. The zero-order valence-electron chi connectivity index (χ0n) is 15.5. The molecule has 0 fully saturated rings. The highest BCUT2D eigenvalue weighted by Crippen LogP contribution is 2.19. The molecular weight excluding hydrogens is 450 g/mol. The third-order valence-corrected chi connectivity index (χ3v) is 5.07. The Labute approximate surface area is 178 Å². The van der Waals surface area contributed by atoms with Crippen LogP contribution in [0.5, 0.6) is 0 Å². The number of hydrogen-bond donors (Lipinski definition) is 0. The Morgan fingerprint density at radius 3 is 2.60 bits per heavy atom. The van der Waals surface area contributed by atoms with Crippen molar-refractivity contribution in [3.05, 3.63) is 87.2 Å². The van der Waals surface area contributed by atoms with Crippen molar-refractivity contribution in [2.24, 2.45) is 0 Å². The standard InChI is InChI=1S/C20H14BrN7O2/c21-15-8-6-14(7-9-15)18-23-16(30-25-18)11-27-12-22-19-17(20(27)29)24-26-28(19)10-13-4-2-1-3-5-13/h1-9,12H,10-11H2. The van der Waals surface area contributed by atoms with Gasteiger partial charge in [0.15, 0.2) is 11.2 Å². The second kappa shape index (κ2) is 7.64. The van der Waals surface area contributed by atoms with Crippen LogP contribution in [0.1, 0.15) is 11.5 Å². The van der Waals surface area contributed by atoms with Crippen molar-refractivity contribution >= 4 is 27.1 Å². The second-order valence-electron chi connectivity index (χ2n) is 6.60. The molecule has 0 spiro atoms. The number of hydrogen-bond acceptors (Lipinski definition) is 7. The van der Waals surface area contributed by atoms with Crippen molar-refractivity contribution in [1.82, 2.24) is 34.7 Å². The number of rotatable bonds is 5. The predicted molar refractivity (Wildman–Crippen MR) is 112 cm³/mol. The van der Waals surface area contributed by atoms with Gasteiger partial charge in [0.25, 0.3) is 5.56 Å². The molecule has 0 aliphatic heterocycles. The largest absolute Gasteiger partial charge is 0.337 e. The molecule has 5 rings (SSSR count). The van der Waals surface area contributed by atoms with Gasteiger partial charge in [0.05, 0.1) is 6.54 Å².